The Morgan fingerprint density at radius 3 is 2.81 bits per heavy atom. The molecule has 3 heterocycles. The number of carbonyl (C=O) groups is 1. The van der Waals surface area contributed by atoms with Gasteiger partial charge in [-0.1, -0.05) is 6.92 Å². The molecule has 0 saturated heterocycles. The third-order valence-corrected chi connectivity index (χ3v) is 5.29. The van der Waals surface area contributed by atoms with Crippen molar-refractivity contribution >= 4 is 22.8 Å². The zero-order valence-corrected chi connectivity index (χ0v) is 16.0. The molecular weight excluding hydrogens is 342 g/mol. The van der Waals surface area contributed by atoms with Crippen molar-refractivity contribution in [1.82, 2.24) is 30.0 Å². The Bertz CT molecular complexity index is 956. The maximum absolute atomic E-state index is 13.0. The fourth-order valence-electron chi connectivity index (χ4n) is 3.31. The van der Waals surface area contributed by atoms with Gasteiger partial charge in [0, 0.05) is 38.6 Å². The minimum atomic E-state index is -0.0182. The van der Waals surface area contributed by atoms with E-state index in [0.29, 0.717) is 18.8 Å². The first-order chi connectivity index (χ1) is 13.0. The lowest BCUT2D eigenvalue weighted by Crippen LogP contribution is -2.41. The largest absolute Gasteiger partial charge is 0.357 e. The number of likely N-dealkylation sites (N-methyl/N-ethyl adjacent to an activating group) is 1. The zero-order chi connectivity index (χ0) is 19.0. The van der Waals surface area contributed by atoms with Crippen LogP contribution in [-0.2, 0) is 0 Å². The summed E-state index contributed by atoms with van der Waals surface area (Å²) in [6.07, 6.45) is 5.76. The van der Waals surface area contributed by atoms with E-state index in [4.69, 9.17) is 0 Å². The van der Waals surface area contributed by atoms with E-state index in [1.54, 1.807) is 6.33 Å². The number of hydrogen-bond donors (Lipinski definition) is 2. The Balaban J connectivity index is 1.49. The number of rotatable bonds is 7. The number of aromatic amines is 2. The first-order valence-corrected chi connectivity index (χ1v) is 9.26. The molecule has 0 spiro atoms. The summed E-state index contributed by atoms with van der Waals surface area (Å²) >= 11 is 0. The summed E-state index contributed by atoms with van der Waals surface area (Å²) in [6, 6.07) is 3.78. The average Bonchev–Trinajstić information content (AvgIpc) is 3.04. The molecule has 0 aliphatic heterocycles. The van der Waals surface area contributed by atoms with Crippen LogP contribution in [0.25, 0.3) is 11.0 Å². The second kappa shape index (κ2) is 6.68. The SMILES string of the molecule is Cc1cc(C(=O)N(CCN(C)c2ncnc3[nH]ccc23)CC2(C)CC2)n[nH]1. The van der Waals surface area contributed by atoms with Gasteiger partial charge in [-0.15, -0.1) is 0 Å². The molecule has 2 N–H and O–H groups in total. The lowest BCUT2D eigenvalue weighted by Gasteiger charge is -2.28. The van der Waals surface area contributed by atoms with Crippen LogP contribution in [0.1, 0.15) is 35.9 Å². The number of anilines is 1. The highest BCUT2D eigenvalue weighted by molar-refractivity contribution is 5.92. The van der Waals surface area contributed by atoms with Crippen molar-refractivity contribution in [2.75, 3.05) is 31.6 Å². The highest BCUT2D eigenvalue weighted by Crippen LogP contribution is 2.45. The Hall–Kier alpha value is -2.90. The van der Waals surface area contributed by atoms with Crippen LogP contribution in [0.15, 0.2) is 24.7 Å². The molecule has 0 atom stereocenters. The van der Waals surface area contributed by atoms with Gasteiger partial charge < -0.3 is 14.8 Å². The molecule has 3 aromatic heterocycles. The summed E-state index contributed by atoms with van der Waals surface area (Å²) in [5.74, 6) is 0.845. The predicted octanol–water partition coefficient (Wildman–Crippen LogP) is 2.37. The van der Waals surface area contributed by atoms with Crippen molar-refractivity contribution in [3.8, 4) is 0 Å². The minimum absolute atomic E-state index is 0.0182. The van der Waals surface area contributed by atoms with Crippen molar-refractivity contribution in [3.63, 3.8) is 0 Å². The number of nitrogens with zero attached hydrogens (tertiary/aromatic N) is 5. The van der Waals surface area contributed by atoms with Crippen LogP contribution in [0, 0.1) is 12.3 Å². The lowest BCUT2D eigenvalue weighted by atomic mass is 10.1. The van der Waals surface area contributed by atoms with E-state index in [1.807, 2.05) is 37.2 Å². The van der Waals surface area contributed by atoms with Gasteiger partial charge in [0.15, 0.2) is 0 Å². The molecule has 27 heavy (non-hydrogen) atoms. The summed E-state index contributed by atoms with van der Waals surface area (Å²) < 4.78 is 0. The van der Waals surface area contributed by atoms with Gasteiger partial charge in [-0.05, 0) is 37.3 Å². The molecule has 0 radical (unpaired) electrons. The second-order valence-corrected chi connectivity index (χ2v) is 7.83. The van der Waals surface area contributed by atoms with Gasteiger partial charge in [-0.3, -0.25) is 9.89 Å². The number of fused-ring (bicyclic) bond motifs is 1. The van der Waals surface area contributed by atoms with E-state index in [1.165, 1.54) is 12.8 Å². The molecule has 1 aliphatic rings. The van der Waals surface area contributed by atoms with Gasteiger partial charge in [0.1, 0.15) is 23.5 Å². The number of carbonyl (C=O) groups excluding carboxylic acids is 1. The van der Waals surface area contributed by atoms with Crippen LogP contribution in [-0.4, -0.2) is 62.6 Å². The molecule has 1 aliphatic carbocycles. The molecule has 0 aromatic carbocycles. The van der Waals surface area contributed by atoms with E-state index < -0.39 is 0 Å². The Morgan fingerprint density at radius 2 is 2.11 bits per heavy atom. The smallest absolute Gasteiger partial charge is 0.274 e. The number of amides is 1. The minimum Gasteiger partial charge on any atom is -0.357 e. The molecule has 4 rings (SSSR count). The van der Waals surface area contributed by atoms with E-state index in [9.17, 15) is 4.79 Å². The molecule has 8 heteroatoms. The van der Waals surface area contributed by atoms with Crippen LogP contribution in [0.3, 0.4) is 0 Å². The molecule has 1 amide bonds. The highest BCUT2D eigenvalue weighted by atomic mass is 16.2. The number of nitrogens with one attached hydrogen (secondary N) is 2. The van der Waals surface area contributed by atoms with Gasteiger partial charge in [-0.2, -0.15) is 5.10 Å². The van der Waals surface area contributed by atoms with Crippen LogP contribution >= 0.6 is 0 Å². The van der Waals surface area contributed by atoms with E-state index in [2.05, 4.69) is 37.0 Å². The molecule has 0 unspecified atom stereocenters. The quantitative estimate of drug-likeness (QED) is 0.669. The topological polar surface area (TPSA) is 93.8 Å². The lowest BCUT2D eigenvalue weighted by molar-refractivity contribution is 0.0723. The predicted molar refractivity (Wildman–Crippen MR) is 104 cm³/mol. The number of aromatic nitrogens is 5. The summed E-state index contributed by atoms with van der Waals surface area (Å²) in [7, 11) is 2.00. The molecule has 8 nitrogen and oxygen atoms in total. The fourth-order valence-corrected chi connectivity index (χ4v) is 3.31. The summed E-state index contributed by atoms with van der Waals surface area (Å²) in [6.45, 7) is 6.20. The van der Waals surface area contributed by atoms with Crippen LogP contribution in [0.2, 0.25) is 0 Å². The molecule has 3 aromatic rings. The van der Waals surface area contributed by atoms with Crippen molar-refractivity contribution in [1.29, 1.82) is 0 Å². The average molecular weight is 367 g/mol. The maximum atomic E-state index is 13.0. The fraction of sp³-hybridized carbons (Fsp3) is 0.474. The number of aryl methyl sites for hydroxylation is 1. The van der Waals surface area contributed by atoms with Crippen molar-refractivity contribution in [2.45, 2.75) is 26.7 Å². The molecule has 142 valence electrons. The normalized spacial score (nSPS) is 15.1. The summed E-state index contributed by atoms with van der Waals surface area (Å²) in [5.41, 5.74) is 2.43. The van der Waals surface area contributed by atoms with Crippen LogP contribution < -0.4 is 4.90 Å². The first-order valence-electron chi connectivity index (χ1n) is 9.26. The van der Waals surface area contributed by atoms with Gasteiger partial charge in [0.05, 0.1) is 5.39 Å². The van der Waals surface area contributed by atoms with Crippen LogP contribution in [0.4, 0.5) is 5.82 Å². The standard InChI is InChI=1S/C19H25N7O/c1-13-10-15(24-23-13)18(27)26(11-19(2)5-6-19)9-8-25(3)17-14-4-7-20-16(14)21-12-22-17/h4,7,10,12H,5-6,8-9,11H2,1-3H3,(H,23,24)(H,20,21,22). The number of H-pyrrole nitrogens is 2. The Morgan fingerprint density at radius 1 is 1.30 bits per heavy atom. The van der Waals surface area contributed by atoms with Gasteiger partial charge in [-0.25, -0.2) is 9.97 Å². The molecular formula is C19H25N7O. The first kappa shape index (κ1) is 17.5. The van der Waals surface area contributed by atoms with E-state index >= 15 is 0 Å². The summed E-state index contributed by atoms with van der Waals surface area (Å²) in [5, 5.41) is 8.00. The van der Waals surface area contributed by atoms with Gasteiger partial charge in [0.2, 0.25) is 0 Å². The van der Waals surface area contributed by atoms with E-state index in [0.717, 1.165) is 29.1 Å². The Kier molecular flexibility index (Phi) is 4.33. The zero-order valence-electron chi connectivity index (χ0n) is 16.0. The number of hydrogen-bond acceptors (Lipinski definition) is 5. The highest BCUT2D eigenvalue weighted by Gasteiger charge is 2.40. The summed E-state index contributed by atoms with van der Waals surface area (Å²) in [4.78, 5) is 28.7. The Labute approximate surface area is 158 Å². The van der Waals surface area contributed by atoms with Crippen molar-refractivity contribution in [2.24, 2.45) is 5.41 Å². The monoisotopic (exact) mass is 367 g/mol. The van der Waals surface area contributed by atoms with Gasteiger partial charge in [0.25, 0.3) is 5.91 Å². The third-order valence-electron chi connectivity index (χ3n) is 5.29. The van der Waals surface area contributed by atoms with Gasteiger partial charge >= 0.3 is 0 Å². The maximum Gasteiger partial charge on any atom is 0.274 e. The van der Waals surface area contributed by atoms with Crippen LogP contribution in [0.5, 0.6) is 0 Å². The van der Waals surface area contributed by atoms with Crippen molar-refractivity contribution < 1.29 is 4.79 Å². The van der Waals surface area contributed by atoms with E-state index in [-0.39, 0.29) is 11.3 Å². The molecule has 1 fully saturated rings. The molecule has 1 saturated carbocycles. The molecule has 0 bridgehead atoms. The van der Waals surface area contributed by atoms with Crippen molar-refractivity contribution in [3.05, 3.63) is 36.0 Å². The third kappa shape index (κ3) is 3.65. The second-order valence-electron chi connectivity index (χ2n) is 7.83.